The van der Waals surface area contributed by atoms with E-state index < -0.39 is 0 Å². The Morgan fingerprint density at radius 3 is 2.62 bits per heavy atom. The molecule has 2 heterocycles. The third kappa shape index (κ3) is 3.48. The lowest BCUT2D eigenvalue weighted by molar-refractivity contribution is -0.117. The van der Waals surface area contributed by atoms with Crippen molar-refractivity contribution in [2.45, 2.75) is 19.8 Å². The van der Waals surface area contributed by atoms with Crippen molar-refractivity contribution in [3.8, 4) is 0 Å². The lowest BCUT2D eigenvalue weighted by atomic mass is 10.1. The van der Waals surface area contributed by atoms with Crippen LogP contribution < -0.4 is 10.3 Å². The van der Waals surface area contributed by atoms with Crippen molar-refractivity contribution in [2.75, 3.05) is 11.4 Å². The Bertz CT molecular complexity index is 769. The van der Waals surface area contributed by atoms with Crippen LogP contribution in [0.4, 0.5) is 5.69 Å². The number of nitrogens with one attached hydrogen (secondary N) is 1. The second-order valence-corrected chi connectivity index (χ2v) is 5.55. The molecule has 0 radical (unpaired) electrons. The molecule has 0 spiro atoms. The zero-order chi connectivity index (χ0) is 16.9. The van der Waals surface area contributed by atoms with E-state index in [9.17, 15) is 9.59 Å². The fourth-order valence-corrected chi connectivity index (χ4v) is 2.56. The first-order chi connectivity index (χ1) is 11.6. The molecule has 3 rings (SSSR count). The highest BCUT2D eigenvalue weighted by Crippen LogP contribution is 2.21. The molecular weight excluding hydrogens is 304 g/mol. The van der Waals surface area contributed by atoms with Crippen LogP contribution in [0.15, 0.2) is 53.8 Å². The number of anilines is 1. The zero-order valence-corrected chi connectivity index (χ0v) is 13.4. The minimum Gasteiger partial charge on any atom is -0.312 e. The molecule has 0 bridgehead atoms. The van der Waals surface area contributed by atoms with Crippen LogP contribution >= 0.6 is 0 Å². The second kappa shape index (κ2) is 7.04. The molecule has 1 aromatic carbocycles. The maximum Gasteiger partial charge on any atom is 0.289 e. The van der Waals surface area contributed by atoms with E-state index in [-0.39, 0.29) is 11.8 Å². The Morgan fingerprint density at radius 1 is 1.21 bits per heavy atom. The van der Waals surface area contributed by atoms with Gasteiger partial charge in [-0.1, -0.05) is 18.2 Å². The van der Waals surface area contributed by atoms with Crippen LogP contribution in [0.1, 0.15) is 35.8 Å². The van der Waals surface area contributed by atoms with Crippen molar-refractivity contribution in [3.05, 3.63) is 59.9 Å². The van der Waals surface area contributed by atoms with E-state index in [0.717, 1.165) is 24.2 Å². The Morgan fingerprint density at radius 2 is 2.00 bits per heavy atom. The van der Waals surface area contributed by atoms with Crippen molar-refractivity contribution in [2.24, 2.45) is 5.10 Å². The smallest absolute Gasteiger partial charge is 0.289 e. The van der Waals surface area contributed by atoms with Crippen LogP contribution in [0.5, 0.6) is 0 Å². The minimum absolute atomic E-state index is 0.163. The van der Waals surface area contributed by atoms with Gasteiger partial charge in [-0.25, -0.2) is 5.43 Å². The molecule has 0 aliphatic carbocycles. The van der Waals surface area contributed by atoms with Crippen LogP contribution in [0, 0.1) is 0 Å². The van der Waals surface area contributed by atoms with Crippen molar-refractivity contribution in [3.63, 3.8) is 0 Å². The molecule has 24 heavy (non-hydrogen) atoms. The summed E-state index contributed by atoms with van der Waals surface area (Å²) in [5.41, 5.74) is 5.27. The first kappa shape index (κ1) is 15.9. The summed E-state index contributed by atoms with van der Waals surface area (Å²) in [4.78, 5) is 29.4. The zero-order valence-electron chi connectivity index (χ0n) is 13.4. The van der Waals surface area contributed by atoms with Gasteiger partial charge < -0.3 is 4.90 Å². The lowest BCUT2D eigenvalue weighted by Crippen LogP contribution is -2.23. The number of pyridine rings is 1. The maximum atomic E-state index is 11.9. The lowest BCUT2D eigenvalue weighted by Gasteiger charge is -2.15. The van der Waals surface area contributed by atoms with Crippen LogP contribution in [0.25, 0.3) is 0 Å². The normalized spacial score (nSPS) is 14.8. The Labute approximate surface area is 140 Å². The van der Waals surface area contributed by atoms with E-state index >= 15 is 0 Å². The number of hydrogen-bond acceptors (Lipinski definition) is 4. The number of nitrogens with zero attached hydrogens (tertiary/aromatic N) is 3. The van der Waals surface area contributed by atoms with Crippen LogP contribution in [-0.4, -0.2) is 29.1 Å². The molecule has 6 heteroatoms. The second-order valence-electron chi connectivity index (χ2n) is 5.55. The van der Waals surface area contributed by atoms with Crippen LogP contribution in [-0.2, 0) is 4.79 Å². The van der Waals surface area contributed by atoms with Crippen molar-refractivity contribution in [1.82, 2.24) is 10.4 Å². The van der Waals surface area contributed by atoms with Gasteiger partial charge in [0.15, 0.2) is 0 Å². The van der Waals surface area contributed by atoms with Gasteiger partial charge in [0.05, 0.1) is 5.71 Å². The molecule has 1 fully saturated rings. The summed E-state index contributed by atoms with van der Waals surface area (Å²) < 4.78 is 0. The number of rotatable bonds is 4. The predicted octanol–water partition coefficient (Wildman–Crippen LogP) is 2.36. The number of amides is 2. The number of aromatic nitrogens is 1. The molecule has 0 saturated carbocycles. The van der Waals surface area contributed by atoms with Gasteiger partial charge in [0.1, 0.15) is 5.69 Å². The maximum absolute atomic E-state index is 11.9. The largest absolute Gasteiger partial charge is 0.312 e. The molecule has 0 unspecified atom stereocenters. The van der Waals surface area contributed by atoms with E-state index in [1.807, 2.05) is 31.2 Å². The first-order valence-corrected chi connectivity index (χ1v) is 7.81. The predicted molar refractivity (Wildman–Crippen MR) is 91.9 cm³/mol. The number of hydrogen-bond donors (Lipinski definition) is 1. The summed E-state index contributed by atoms with van der Waals surface area (Å²) in [5, 5.41) is 4.11. The number of benzene rings is 1. The third-order valence-corrected chi connectivity index (χ3v) is 3.89. The highest BCUT2D eigenvalue weighted by atomic mass is 16.2. The molecule has 6 nitrogen and oxygen atoms in total. The van der Waals surface area contributed by atoms with Gasteiger partial charge in [0.25, 0.3) is 5.91 Å². The molecule has 1 aromatic heterocycles. The van der Waals surface area contributed by atoms with E-state index in [1.165, 1.54) is 0 Å². The number of carbonyl (C=O) groups excluding carboxylic acids is 2. The third-order valence-electron chi connectivity index (χ3n) is 3.89. The highest BCUT2D eigenvalue weighted by Gasteiger charge is 2.21. The molecule has 0 atom stereocenters. The quantitative estimate of drug-likeness (QED) is 0.693. The van der Waals surface area contributed by atoms with Crippen molar-refractivity contribution < 1.29 is 9.59 Å². The fourth-order valence-electron chi connectivity index (χ4n) is 2.56. The SMILES string of the molecule is C/C(=N/NC(=O)c1ccccn1)c1ccc(N2CCCC2=O)cc1. The molecule has 1 saturated heterocycles. The summed E-state index contributed by atoms with van der Waals surface area (Å²) in [7, 11) is 0. The molecule has 1 N–H and O–H groups in total. The Kier molecular flexibility index (Phi) is 4.65. The molecular formula is C18H18N4O2. The molecule has 1 aliphatic rings. The molecule has 2 aromatic rings. The average molecular weight is 322 g/mol. The number of hydrazone groups is 1. The van der Waals surface area contributed by atoms with Gasteiger partial charge in [0.2, 0.25) is 5.91 Å². The van der Waals surface area contributed by atoms with E-state index in [1.54, 1.807) is 29.3 Å². The molecule has 2 amide bonds. The minimum atomic E-state index is -0.353. The average Bonchev–Trinajstić information content (AvgIpc) is 3.06. The Balaban J connectivity index is 1.67. The van der Waals surface area contributed by atoms with Gasteiger partial charge in [-0.3, -0.25) is 14.6 Å². The summed E-state index contributed by atoms with van der Waals surface area (Å²) in [5.74, 6) is -0.190. The van der Waals surface area contributed by atoms with E-state index in [2.05, 4.69) is 15.5 Å². The molecule has 122 valence electrons. The monoisotopic (exact) mass is 322 g/mol. The highest BCUT2D eigenvalue weighted by molar-refractivity contribution is 6.01. The van der Waals surface area contributed by atoms with Crippen LogP contribution in [0.2, 0.25) is 0 Å². The van der Waals surface area contributed by atoms with Gasteiger partial charge in [-0.05, 0) is 43.2 Å². The van der Waals surface area contributed by atoms with E-state index in [0.29, 0.717) is 17.8 Å². The topological polar surface area (TPSA) is 74.7 Å². The number of carbonyl (C=O) groups is 2. The van der Waals surface area contributed by atoms with Crippen molar-refractivity contribution in [1.29, 1.82) is 0 Å². The fraction of sp³-hybridized carbons (Fsp3) is 0.222. The van der Waals surface area contributed by atoms with Gasteiger partial charge in [-0.15, -0.1) is 0 Å². The van der Waals surface area contributed by atoms with E-state index in [4.69, 9.17) is 0 Å². The van der Waals surface area contributed by atoms with Crippen molar-refractivity contribution >= 4 is 23.2 Å². The van der Waals surface area contributed by atoms with Gasteiger partial charge >= 0.3 is 0 Å². The molecule has 1 aliphatic heterocycles. The first-order valence-electron chi connectivity index (χ1n) is 7.81. The summed E-state index contributed by atoms with van der Waals surface area (Å²) in [6.07, 6.45) is 3.08. The summed E-state index contributed by atoms with van der Waals surface area (Å²) >= 11 is 0. The summed E-state index contributed by atoms with van der Waals surface area (Å²) in [6.45, 7) is 2.58. The Hall–Kier alpha value is -3.02. The van der Waals surface area contributed by atoms with Gasteiger partial charge in [-0.2, -0.15) is 5.10 Å². The standard InChI is InChI=1S/C18H18N4O2/c1-13(20-21-18(24)16-5-2-3-11-19-16)14-7-9-15(10-8-14)22-12-4-6-17(22)23/h2-3,5,7-11H,4,6,12H2,1H3,(H,21,24)/b20-13-. The van der Waals surface area contributed by atoms with Crippen LogP contribution in [0.3, 0.4) is 0 Å². The van der Waals surface area contributed by atoms with Gasteiger partial charge in [0, 0.05) is 24.8 Å². The summed E-state index contributed by atoms with van der Waals surface area (Å²) in [6, 6.07) is 12.7.